The first-order valence-corrected chi connectivity index (χ1v) is 12.7. The zero-order chi connectivity index (χ0) is 25.1. The van der Waals surface area contributed by atoms with Crippen molar-refractivity contribution >= 4 is 28.2 Å². The fraction of sp³-hybridized carbons (Fsp3) is 0.207. The van der Waals surface area contributed by atoms with E-state index in [1.807, 2.05) is 80.6 Å². The molecule has 36 heavy (non-hydrogen) atoms. The summed E-state index contributed by atoms with van der Waals surface area (Å²) < 4.78 is 5.43. The molecule has 1 saturated heterocycles. The first-order chi connectivity index (χ1) is 17.5. The number of hydrogen-bond acceptors (Lipinski definition) is 5. The lowest BCUT2D eigenvalue weighted by molar-refractivity contribution is 0.0303. The highest BCUT2D eigenvalue weighted by atomic mass is 32.1. The first kappa shape index (κ1) is 23.9. The molecule has 0 bridgehead atoms. The number of pyridine rings is 1. The number of carbonyl (C=O) groups is 2. The van der Waals surface area contributed by atoms with Crippen LogP contribution in [0.15, 0.2) is 72.8 Å². The molecule has 2 aromatic carbocycles. The van der Waals surface area contributed by atoms with Crippen LogP contribution in [-0.4, -0.2) is 48.0 Å². The summed E-state index contributed by atoms with van der Waals surface area (Å²) in [5, 5.41) is 3.59. The Morgan fingerprint density at radius 2 is 1.53 bits per heavy atom. The van der Waals surface area contributed by atoms with Crippen LogP contribution in [0.5, 0.6) is 0 Å². The van der Waals surface area contributed by atoms with Gasteiger partial charge in [0.15, 0.2) is 0 Å². The number of aryl methyl sites for hydroxylation is 1. The predicted octanol–water partition coefficient (Wildman–Crippen LogP) is 5.82. The van der Waals surface area contributed by atoms with Crippen LogP contribution >= 0.6 is 11.3 Å². The van der Waals surface area contributed by atoms with E-state index in [4.69, 9.17) is 4.74 Å². The number of nitrogens with one attached hydrogen (secondary N) is 1. The number of aromatic nitrogens is 1. The summed E-state index contributed by atoms with van der Waals surface area (Å²) in [6.07, 6.45) is 0. The lowest BCUT2D eigenvalue weighted by atomic mass is 10.1. The second kappa shape index (κ2) is 10.4. The van der Waals surface area contributed by atoms with Crippen LogP contribution in [0, 0.1) is 13.8 Å². The fourth-order valence-corrected chi connectivity index (χ4v) is 5.59. The van der Waals surface area contributed by atoms with Crippen LogP contribution < -0.4 is 5.32 Å². The molecule has 0 spiro atoms. The molecule has 0 aliphatic carbocycles. The molecule has 0 saturated carbocycles. The molecule has 1 N–H and O–H groups in total. The van der Waals surface area contributed by atoms with Gasteiger partial charge in [-0.15, -0.1) is 11.3 Å². The topological polar surface area (TPSA) is 71.5 Å². The van der Waals surface area contributed by atoms with Crippen LogP contribution in [0.1, 0.15) is 32.0 Å². The van der Waals surface area contributed by atoms with Crippen molar-refractivity contribution in [2.24, 2.45) is 0 Å². The van der Waals surface area contributed by atoms with Crippen molar-refractivity contribution < 1.29 is 14.3 Å². The summed E-state index contributed by atoms with van der Waals surface area (Å²) in [7, 11) is 0. The summed E-state index contributed by atoms with van der Waals surface area (Å²) in [5.74, 6) is -0.365. The van der Waals surface area contributed by atoms with Gasteiger partial charge in [-0.3, -0.25) is 14.6 Å². The van der Waals surface area contributed by atoms with Gasteiger partial charge in [0.1, 0.15) is 5.00 Å². The third kappa shape index (κ3) is 4.80. The number of carbonyl (C=O) groups excluding carboxylic acids is 2. The van der Waals surface area contributed by atoms with Gasteiger partial charge in [-0.1, -0.05) is 60.7 Å². The average molecular weight is 498 g/mol. The van der Waals surface area contributed by atoms with Gasteiger partial charge in [0.2, 0.25) is 0 Å². The van der Waals surface area contributed by atoms with Gasteiger partial charge in [0.25, 0.3) is 11.8 Å². The normalized spacial score (nSPS) is 13.4. The summed E-state index contributed by atoms with van der Waals surface area (Å²) in [5.41, 5.74) is 5.34. The van der Waals surface area contributed by atoms with Crippen molar-refractivity contribution in [1.29, 1.82) is 0 Å². The number of morpholine rings is 1. The highest BCUT2D eigenvalue weighted by Crippen LogP contribution is 2.41. The Labute approximate surface area is 214 Å². The van der Waals surface area contributed by atoms with Gasteiger partial charge in [0, 0.05) is 23.5 Å². The smallest absolute Gasteiger partial charge is 0.258 e. The van der Waals surface area contributed by atoms with E-state index in [0.717, 1.165) is 27.3 Å². The third-order valence-electron chi connectivity index (χ3n) is 6.32. The number of ether oxygens (including phenoxy) is 1. The second-order valence-corrected chi connectivity index (χ2v) is 9.70. The molecular formula is C29H27N3O3S. The minimum atomic E-state index is -0.281. The molecule has 182 valence electrons. The van der Waals surface area contributed by atoms with Gasteiger partial charge >= 0.3 is 0 Å². The van der Waals surface area contributed by atoms with E-state index in [2.05, 4.69) is 10.3 Å². The van der Waals surface area contributed by atoms with Crippen molar-refractivity contribution in [3.63, 3.8) is 0 Å². The number of amides is 2. The fourth-order valence-electron chi connectivity index (χ4n) is 4.39. The molecule has 7 heteroatoms. The minimum Gasteiger partial charge on any atom is -0.378 e. The van der Waals surface area contributed by atoms with Crippen molar-refractivity contribution in [1.82, 2.24) is 9.88 Å². The summed E-state index contributed by atoms with van der Waals surface area (Å²) >= 11 is 1.43. The Morgan fingerprint density at radius 3 is 2.17 bits per heavy atom. The van der Waals surface area contributed by atoms with Crippen molar-refractivity contribution in [3.05, 3.63) is 95.2 Å². The molecule has 6 nitrogen and oxygen atoms in total. The van der Waals surface area contributed by atoms with Crippen molar-refractivity contribution in [2.75, 3.05) is 31.6 Å². The Morgan fingerprint density at radius 1 is 0.889 bits per heavy atom. The van der Waals surface area contributed by atoms with E-state index in [-0.39, 0.29) is 11.8 Å². The Balaban J connectivity index is 1.49. The van der Waals surface area contributed by atoms with Gasteiger partial charge in [-0.05, 0) is 37.1 Å². The number of anilines is 1. The minimum absolute atomic E-state index is 0.0844. The summed E-state index contributed by atoms with van der Waals surface area (Å²) in [6.45, 7) is 5.87. The van der Waals surface area contributed by atoms with E-state index in [0.29, 0.717) is 48.1 Å². The van der Waals surface area contributed by atoms with E-state index in [9.17, 15) is 9.59 Å². The molecule has 5 rings (SSSR count). The lowest BCUT2D eigenvalue weighted by Crippen LogP contribution is -2.41. The van der Waals surface area contributed by atoms with Gasteiger partial charge in [-0.25, -0.2) is 0 Å². The van der Waals surface area contributed by atoms with Crippen LogP contribution in [-0.2, 0) is 4.74 Å². The highest BCUT2D eigenvalue weighted by Gasteiger charge is 2.28. The zero-order valence-electron chi connectivity index (χ0n) is 20.3. The molecule has 0 unspecified atom stereocenters. The molecule has 4 aromatic rings. The van der Waals surface area contributed by atoms with E-state index in [1.54, 1.807) is 11.0 Å². The van der Waals surface area contributed by atoms with Gasteiger partial charge in [-0.2, -0.15) is 0 Å². The second-order valence-electron chi connectivity index (χ2n) is 8.68. The molecule has 0 radical (unpaired) electrons. The molecule has 1 fully saturated rings. The van der Waals surface area contributed by atoms with Gasteiger partial charge < -0.3 is 15.0 Å². The van der Waals surface area contributed by atoms with E-state index < -0.39 is 0 Å². The number of rotatable bonds is 5. The monoisotopic (exact) mass is 497 g/mol. The number of hydrogen-bond donors (Lipinski definition) is 1. The van der Waals surface area contributed by atoms with Crippen LogP contribution in [0.3, 0.4) is 0 Å². The molecular weight excluding hydrogens is 470 g/mol. The lowest BCUT2D eigenvalue weighted by Gasteiger charge is -2.27. The molecule has 0 atom stereocenters. The van der Waals surface area contributed by atoms with E-state index >= 15 is 0 Å². The molecule has 3 heterocycles. The van der Waals surface area contributed by atoms with Crippen LogP contribution in [0.25, 0.3) is 21.7 Å². The molecule has 1 aliphatic heterocycles. The zero-order valence-corrected chi connectivity index (χ0v) is 21.1. The Kier molecular flexibility index (Phi) is 6.93. The highest BCUT2D eigenvalue weighted by molar-refractivity contribution is 7.20. The average Bonchev–Trinajstić information content (AvgIpc) is 3.24. The molecule has 1 aliphatic rings. The Hall–Kier alpha value is -3.81. The van der Waals surface area contributed by atoms with Crippen LogP contribution in [0.2, 0.25) is 0 Å². The standard InChI is InChI=1S/C29H27N3O3S/c1-19-25(29(34)32-15-17-35-18-16-32)28(36-26(19)22-11-7-4-8-12-22)31-27(33)23-13-14-24(30-20(23)2)21-9-5-3-6-10-21/h3-14H,15-18H2,1-2H3,(H,31,33). The van der Waals surface area contributed by atoms with Crippen LogP contribution in [0.4, 0.5) is 5.00 Å². The summed E-state index contributed by atoms with van der Waals surface area (Å²) in [6, 6.07) is 23.5. The maximum Gasteiger partial charge on any atom is 0.258 e. The van der Waals surface area contributed by atoms with Crippen molar-refractivity contribution in [3.8, 4) is 21.7 Å². The number of thiophene rings is 1. The predicted molar refractivity (Wildman–Crippen MR) is 144 cm³/mol. The SMILES string of the molecule is Cc1nc(-c2ccccc2)ccc1C(=O)Nc1sc(-c2ccccc2)c(C)c1C(=O)N1CCOCC1. The number of nitrogens with zero attached hydrogens (tertiary/aromatic N) is 2. The number of benzene rings is 2. The Bertz CT molecular complexity index is 1390. The largest absolute Gasteiger partial charge is 0.378 e. The van der Waals surface area contributed by atoms with Gasteiger partial charge in [0.05, 0.1) is 35.7 Å². The molecule has 2 aromatic heterocycles. The maximum atomic E-state index is 13.6. The van der Waals surface area contributed by atoms with E-state index in [1.165, 1.54) is 11.3 Å². The molecule has 2 amide bonds. The maximum absolute atomic E-state index is 13.6. The quantitative estimate of drug-likeness (QED) is 0.377. The van der Waals surface area contributed by atoms with Crippen molar-refractivity contribution in [2.45, 2.75) is 13.8 Å². The first-order valence-electron chi connectivity index (χ1n) is 11.9. The summed E-state index contributed by atoms with van der Waals surface area (Å²) in [4.78, 5) is 34.4. The third-order valence-corrected chi connectivity index (χ3v) is 7.58.